The van der Waals surface area contributed by atoms with E-state index in [9.17, 15) is 4.79 Å². The molecule has 6 heteroatoms. The molecule has 0 aromatic carbocycles. The highest BCUT2D eigenvalue weighted by Gasteiger charge is 2.21. The highest BCUT2D eigenvalue weighted by atomic mass is 16.2. The van der Waals surface area contributed by atoms with E-state index in [0.717, 1.165) is 63.6 Å². The first-order valence-corrected chi connectivity index (χ1v) is 9.96. The van der Waals surface area contributed by atoms with Gasteiger partial charge in [-0.1, -0.05) is 18.9 Å². The lowest BCUT2D eigenvalue weighted by molar-refractivity contribution is 0.0761. The SMILES string of the molecule is O=C(c1cncc(N2CCN(c3ccccn3)CC2)c1)N1CCCCCC1. The molecule has 2 aliphatic heterocycles. The van der Waals surface area contributed by atoms with Crippen molar-refractivity contribution in [2.75, 3.05) is 49.1 Å². The van der Waals surface area contributed by atoms with Crippen LogP contribution < -0.4 is 9.80 Å². The third kappa shape index (κ3) is 4.21. The fourth-order valence-electron chi connectivity index (χ4n) is 3.91. The number of pyridine rings is 2. The Hall–Kier alpha value is -2.63. The second-order valence-corrected chi connectivity index (χ2v) is 7.30. The summed E-state index contributed by atoms with van der Waals surface area (Å²) in [5, 5.41) is 0. The lowest BCUT2D eigenvalue weighted by Crippen LogP contribution is -2.47. The van der Waals surface area contributed by atoms with E-state index in [4.69, 9.17) is 0 Å². The number of carbonyl (C=O) groups is 1. The van der Waals surface area contributed by atoms with Crippen molar-refractivity contribution in [3.8, 4) is 0 Å². The molecule has 0 bridgehead atoms. The molecule has 0 aliphatic carbocycles. The van der Waals surface area contributed by atoms with E-state index in [1.807, 2.05) is 35.5 Å². The first kappa shape index (κ1) is 17.8. The average molecular weight is 365 g/mol. The van der Waals surface area contributed by atoms with Gasteiger partial charge < -0.3 is 14.7 Å². The summed E-state index contributed by atoms with van der Waals surface area (Å²) in [5.41, 5.74) is 1.75. The topological polar surface area (TPSA) is 52.6 Å². The van der Waals surface area contributed by atoms with Crippen molar-refractivity contribution in [1.29, 1.82) is 0 Å². The molecule has 2 fully saturated rings. The lowest BCUT2D eigenvalue weighted by atomic mass is 10.2. The highest BCUT2D eigenvalue weighted by molar-refractivity contribution is 5.94. The normalized spacial score (nSPS) is 18.3. The fraction of sp³-hybridized carbons (Fsp3) is 0.476. The number of nitrogens with zero attached hydrogens (tertiary/aromatic N) is 5. The smallest absolute Gasteiger partial charge is 0.255 e. The Labute approximate surface area is 160 Å². The molecule has 4 heterocycles. The summed E-state index contributed by atoms with van der Waals surface area (Å²) < 4.78 is 0. The quantitative estimate of drug-likeness (QED) is 0.837. The van der Waals surface area contributed by atoms with Gasteiger partial charge in [0.15, 0.2) is 0 Å². The van der Waals surface area contributed by atoms with E-state index < -0.39 is 0 Å². The van der Waals surface area contributed by atoms with E-state index >= 15 is 0 Å². The summed E-state index contributed by atoms with van der Waals surface area (Å²) in [7, 11) is 0. The Morgan fingerprint density at radius 3 is 2.30 bits per heavy atom. The maximum Gasteiger partial charge on any atom is 0.255 e. The van der Waals surface area contributed by atoms with Crippen molar-refractivity contribution in [2.45, 2.75) is 25.7 Å². The van der Waals surface area contributed by atoms with Crippen molar-refractivity contribution >= 4 is 17.4 Å². The summed E-state index contributed by atoms with van der Waals surface area (Å²) in [6.45, 7) is 5.37. The van der Waals surface area contributed by atoms with E-state index in [-0.39, 0.29) is 5.91 Å². The number of piperazine rings is 1. The van der Waals surface area contributed by atoms with Crippen LogP contribution in [0.15, 0.2) is 42.9 Å². The number of aromatic nitrogens is 2. The number of amides is 1. The Morgan fingerprint density at radius 1 is 0.852 bits per heavy atom. The van der Waals surface area contributed by atoms with Gasteiger partial charge in [0.05, 0.1) is 17.4 Å². The molecule has 0 unspecified atom stereocenters. The number of carbonyl (C=O) groups excluding carboxylic acids is 1. The van der Waals surface area contributed by atoms with Gasteiger partial charge in [0, 0.05) is 51.7 Å². The van der Waals surface area contributed by atoms with Crippen LogP contribution in [0.5, 0.6) is 0 Å². The van der Waals surface area contributed by atoms with Gasteiger partial charge in [0.25, 0.3) is 5.91 Å². The molecule has 0 spiro atoms. The number of hydrogen-bond acceptors (Lipinski definition) is 5. The van der Waals surface area contributed by atoms with Crippen LogP contribution in [0, 0.1) is 0 Å². The second-order valence-electron chi connectivity index (χ2n) is 7.30. The third-order valence-electron chi connectivity index (χ3n) is 5.48. The maximum absolute atomic E-state index is 12.9. The molecule has 1 amide bonds. The van der Waals surface area contributed by atoms with E-state index in [1.54, 1.807) is 6.20 Å². The van der Waals surface area contributed by atoms with Crippen LogP contribution in [-0.4, -0.2) is 60.0 Å². The molecular formula is C21H27N5O. The highest BCUT2D eigenvalue weighted by Crippen LogP contribution is 2.21. The summed E-state index contributed by atoms with van der Waals surface area (Å²) in [6.07, 6.45) is 10.1. The molecular weight excluding hydrogens is 338 g/mol. The van der Waals surface area contributed by atoms with E-state index in [1.165, 1.54) is 12.8 Å². The molecule has 27 heavy (non-hydrogen) atoms. The zero-order chi connectivity index (χ0) is 18.5. The molecule has 0 N–H and O–H groups in total. The standard InChI is InChI=1S/C21H27N5O/c27-21(26-9-5-1-2-6-10-26)18-15-19(17-22-16-18)24-11-13-25(14-12-24)20-7-3-4-8-23-20/h3-4,7-8,15-17H,1-2,5-6,9-14H2. The van der Waals surface area contributed by atoms with Crippen molar-refractivity contribution in [3.63, 3.8) is 0 Å². The predicted molar refractivity (Wildman–Crippen MR) is 107 cm³/mol. The maximum atomic E-state index is 12.9. The molecule has 0 radical (unpaired) electrons. The average Bonchev–Trinajstić information content (AvgIpc) is 3.04. The second kappa shape index (κ2) is 8.37. The zero-order valence-corrected chi connectivity index (χ0v) is 15.8. The van der Waals surface area contributed by atoms with E-state index in [2.05, 4.69) is 25.8 Å². The van der Waals surface area contributed by atoms with Crippen LogP contribution >= 0.6 is 0 Å². The van der Waals surface area contributed by atoms with Crippen LogP contribution in [0.4, 0.5) is 11.5 Å². The molecule has 0 saturated carbocycles. The van der Waals surface area contributed by atoms with Crippen molar-refractivity contribution in [1.82, 2.24) is 14.9 Å². The predicted octanol–water partition coefficient (Wildman–Crippen LogP) is 2.82. The van der Waals surface area contributed by atoms with Crippen molar-refractivity contribution in [3.05, 3.63) is 48.4 Å². The molecule has 2 aliphatic rings. The summed E-state index contributed by atoms with van der Waals surface area (Å²) >= 11 is 0. The van der Waals surface area contributed by atoms with Crippen LogP contribution in [0.25, 0.3) is 0 Å². The van der Waals surface area contributed by atoms with Gasteiger partial charge in [-0.25, -0.2) is 4.98 Å². The first-order chi connectivity index (χ1) is 13.3. The third-order valence-corrected chi connectivity index (χ3v) is 5.48. The zero-order valence-electron chi connectivity index (χ0n) is 15.8. The van der Waals surface area contributed by atoms with Gasteiger partial charge in [-0.2, -0.15) is 0 Å². The Bertz CT molecular complexity index is 750. The van der Waals surface area contributed by atoms with Crippen LogP contribution in [0.3, 0.4) is 0 Å². The Kier molecular flexibility index (Phi) is 5.51. The fourth-order valence-corrected chi connectivity index (χ4v) is 3.91. The first-order valence-electron chi connectivity index (χ1n) is 9.96. The minimum atomic E-state index is 0.123. The summed E-state index contributed by atoms with van der Waals surface area (Å²) in [4.78, 5) is 28.3. The minimum absolute atomic E-state index is 0.123. The van der Waals surface area contributed by atoms with Crippen LogP contribution in [0.1, 0.15) is 36.0 Å². The lowest BCUT2D eigenvalue weighted by Gasteiger charge is -2.36. The number of rotatable bonds is 3. The number of likely N-dealkylation sites (tertiary alicyclic amines) is 1. The molecule has 0 atom stereocenters. The molecule has 6 nitrogen and oxygen atoms in total. The summed E-state index contributed by atoms with van der Waals surface area (Å²) in [6, 6.07) is 8.03. The number of hydrogen-bond donors (Lipinski definition) is 0. The largest absolute Gasteiger partial charge is 0.367 e. The van der Waals surface area contributed by atoms with Gasteiger partial charge >= 0.3 is 0 Å². The van der Waals surface area contributed by atoms with Crippen LogP contribution in [-0.2, 0) is 0 Å². The Balaban J connectivity index is 1.41. The molecule has 2 aromatic rings. The molecule has 2 saturated heterocycles. The van der Waals surface area contributed by atoms with Gasteiger partial charge in [0.2, 0.25) is 0 Å². The molecule has 4 rings (SSSR count). The minimum Gasteiger partial charge on any atom is -0.367 e. The molecule has 2 aromatic heterocycles. The van der Waals surface area contributed by atoms with Crippen molar-refractivity contribution < 1.29 is 4.79 Å². The monoisotopic (exact) mass is 365 g/mol. The van der Waals surface area contributed by atoms with Crippen molar-refractivity contribution in [2.24, 2.45) is 0 Å². The summed E-state index contributed by atoms with van der Waals surface area (Å²) in [5.74, 6) is 1.15. The van der Waals surface area contributed by atoms with Crippen LogP contribution in [0.2, 0.25) is 0 Å². The van der Waals surface area contributed by atoms with E-state index in [0.29, 0.717) is 5.56 Å². The molecule has 142 valence electrons. The Morgan fingerprint density at radius 2 is 1.59 bits per heavy atom. The van der Waals surface area contributed by atoms with Gasteiger partial charge in [-0.3, -0.25) is 9.78 Å². The van der Waals surface area contributed by atoms with Gasteiger partial charge in [0.1, 0.15) is 5.82 Å². The van der Waals surface area contributed by atoms with Gasteiger partial charge in [-0.15, -0.1) is 0 Å². The van der Waals surface area contributed by atoms with Gasteiger partial charge in [-0.05, 0) is 31.0 Å². The number of anilines is 2.